The van der Waals surface area contributed by atoms with E-state index in [0.29, 0.717) is 18.4 Å². The largest absolute Gasteiger partial charge is 0.371 e. The van der Waals surface area contributed by atoms with E-state index in [1.165, 1.54) is 27.9 Å². The molecule has 0 fully saturated rings. The third kappa shape index (κ3) is 3.97. The zero-order valence-corrected chi connectivity index (χ0v) is 18.7. The molecule has 0 bridgehead atoms. The average molecular weight is 426 g/mol. The smallest absolute Gasteiger partial charge is 0.319 e. The Labute approximate surface area is 190 Å². The van der Waals surface area contributed by atoms with Gasteiger partial charge in [-0.15, -0.1) is 0 Å². The standard InChI is InChI=1S/C28H31N3O/c1-2-15-29-28(32)30-22-18-25-23(20-9-5-3-6-10-20)13-16-31-17-14-24(26(19-22)27(25)31)21-11-7-4-8-12-21/h3-12,18-19,23-24H,2,13-17H2,1H3,(H2,29,30,32). The van der Waals surface area contributed by atoms with Crippen molar-refractivity contribution < 1.29 is 4.79 Å². The van der Waals surface area contributed by atoms with E-state index in [1.54, 1.807) is 0 Å². The fourth-order valence-corrected chi connectivity index (χ4v) is 5.34. The van der Waals surface area contributed by atoms with Gasteiger partial charge < -0.3 is 15.5 Å². The second kappa shape index (κ2) is 9.07. The van der Waals surface area contributed by atoms with Gasteiger partial charge in [0.2, 0.25) is 0 Å². The van der Waals surface area contributed by atoms with Crippen molar-refractivity contribution in [3.63, 3.8) is 0 Å². The first-order chi connectivity index (χ1) is 15.7. The zero-order valence-electron chi connectivity index (χ0n) is 18.7. The van der Waals surface area contributed by atoms with Crippen LogP contribution in [0.25, 0.3) is 0 Å². The van der Waals surface area contributed by atoms with Crippen molar-refractivity contribution in [1.29, 1.82) is 0 Å². The highest BCUT2D eigenvalue weighted by molar-refractivity contribution is 5.90. The van der Waals surface area contributed by atoms with Crippen molar-refractivity contribution in [3.8, 4) is 0 Å². The summed E-state index contributed by atoms with van der Waals surface area (Å²) >= 11 is 0. The molecular weight excluding hydrogens is 394 g/mol. The van der Waals surface area contributed by atoms with Crippen LogP contribution in [0, 0.1) is 0 Å². The van der Waals surface area contributed by atoms with E-state index in [-0.39, 0.29) is 6.03 Å². The van der Waals surface area contributed by atoms with Gasteiger partial charge in [0.25, 0.3) is 0 Å². The van der Waals surface area contributed by atoms with E-state index in [2.05, 4.69) is 95.3 Å². The lowest BCUT2D eigenvalue weighted by molar-refractivity contribution is 0.252. The van der Waals surface area contributed by atoms with Gasteiger partial charge in [-0.05, 0) is 53.6 Å². The number of urea groups is 1. The number of hydrogen-bond acceptors (Lipinski definition) is 2. The Bertz CT molecular complexity index is 1010. The predicted molar refractivity (Wildman–Crippen MR) is 132 cm³/mol. The van der Waals surface area contributed by atoms with Crippen molar-refractivity contribution in [2.45, 2.75) is 38.0 Å². The minimum Gasteiger partial charge on any atom is -0.371 e. The number of carbonyl (C=O) groups excluding carboxylic acids is 1. The molecule has 4 nitrogen and oxygen atoms in total. The molecule has 2 N–H and O–H groups in total. The van der Waals surface area contributed by atoms with E-state index in [1.807, 2.05) is 0 Å². The van der Waals surface area contributed by atoms with Crippen LogP contribution in [0.2, 0.25) is 0 Å². The molecule has 2 atom stereocenters. The number of nitrogens with one attached hydrogen (secondary N) is 2. The number of amides is 2. The maximum absolute atomic E-state index is 12.5. The Balaban J connectivity index is 1.62. The highest BCUT2D eigenvalue weighted by atomic mass is 16.2. The van der Waals surface area contributed by atoms with Gasteiger partial charge in [0.1, 0.15) is 0 Å². The summed E-state index contributed by atoms with van der Waals surface area (Å²) < 4.78 is 0. The molecule has 164 valence electrons. The first-order valence-corrected chi connectivity index (χ1v) is 11.8. The highest BCUT2D eigenvalue weighted by Crippen LogP contribution is 2.49. The summed E-state index contributed by atoms with van der Waals surface area (Å²) in [6, 6.07) is 25.9. The Morgan fingerprint density at radius 2 is 1.41 bits per heavy atom. The second-order valence-corrected chi connectivity index (χ2v) is 8.88. The molecule has 0 spiro atoms. The van der Waals surface area contributed by atoms with Crippen LogP contribution in [0.4, 0.5) is 16.2 Å². The summed E-state index contributed by atoms with van der Waals surface area (Å²) in [6.45, 7) is 4.89. The maximum atomic E-state index is 12.5. The summed E-state index contributed by atoms with van der Waals surface area (Å²) in [6.07, 6.45) is 3.11. The molecule has 0 radical (unpaired) electrons. The number of hydrogen-bond donors (Lipinski definition) is 2. The molecular formula is C28H31N3O. The lowest BCUT2D eigenvalue weighted by atomic mass is 9.76. The van der Waals surface area contributed by atoms with Crippen LogP contribution < -0.4 is 15.5 Å². The average Bonchev–Trinajstić information content (AvgIpc) is 2.84. The molecule has 32 heavy (non-hydrogen) atoms. The topological polar surface area (TPSA) is 44.4 Å². The molecule has 2 unspecified atom stereocenters. The van der Waals surface area contributed by atoms with Crippen LogP contribution in [-0.4, -0.2) is 25.7 Å². The SMILES string of the molecule is CCCNC(=O)Nc1cc2c3c(c1)C(c1ccccc1)CCN3CCC2c1ccccc1. The molecule has 4 heteroatoms. The van der Waals surface area contributed by atoms with E-state index in [4.69, 9.17) is 0 Å². The van der Waals surface area contributed by atoms with Crippen molar-refractivity contribution in [1.82, 2.24) is 5.32 Å². The van der Waals surface area contributed by atoms with Gasteiger partial charge >= 0.3 is 6.03 Å². The molecule has 0 aromatic heterocycles. The second-order valence-electron chi connectivity index (χ2n) is 8.88. The van der Waals surface area contributed by atoms with Gasteiger partial charge in [-0.1, -0.05) is 67.6 Å². The lowest BCUT2D eigenvalue weighted by Crippen LogP contribution is -2.38. The summed E-state index contributed by atoms with van der Waals surface area (Å²) in [5, 5.41) is 6.06. The molecule has 2 aliphatic rings. The molecule has 2 amide bonds. The quantitative estimate of drug-likeness (QED) is 0.519. The number of anilines is 2. The Kier molecular flexibility index (Phi) is 5.85. The predicted octanol–water partition coefficient (Wildman–Crippen LogP) is 6.10. The van der Waals surface area contributed by atoms with Crippen molar-refractivity contribution in [2.75, 3.05) is 29.9 Å². The first-order valence-electron chi connectivity index (χ1n) is 11.8. The zero-order chi connectivity index (χ0) is 21.9. The number of carbonyl (C=O) groups is 1. The minimum absolute atomic E-state index is 0.130. The Hall–Kier alpha value is -3.27. The highest BCUT2D eigenvalue weighted by Gasteiger charge is 2.35. The Morgan fingerprint density at radius 3 is 1.91 bits per heavy atom. The van der Waals surface area contributed by atoms with Crippen LogP contribution in [0.3, 0.4) is 0 Å². The molecule has 3 aromatic rings. The van der Waals surface area contributed by atoms with E-state index in [0.717, 1.165) is 38.0 Å². The van der Waals surface area contributed by atoms with Gasteiger partial charge in [-0.3, -0.25) is 0 Å². The van der Waals surface area contributed by atoms with Gasteiger partial charge in [-0.2, -0.15) is 0 Å². The van der Waals surface area contributed by atoms with Gasteiger partial charge in [-0.25, -0.2) is 4.79 Å². The van der Waals surface area contributed by atoms with Crippen molar-refractivity contribution >= 4 is 17.4 Å². The van der Waals surface area contributed by atoms with Gasteiger partial charge in [0, 0.05) is 42.8 Å². The summed E-state index contributed by atoms with van der Waals surface area (Å²) in [7, 11) is 0. The third-order valence-corrected chi connectivity index (χ3v) is 6.81. The summed E-state index contributed by atoms with van der Waals surface area (Å²) in [4.78, 5) is 15.0. The van der Waals surface area contributed by atoms with Crippen LogP contribution in [0.15, 0.2) is 72.8 Å². The van der Waals surface area contributed by atoms with Crippen molar-refractivity contribution in [3.05, 3.63) is 95.1 Å². The van der Waals surface area contributed by atoms with E-state index >= 15 is 0 Å². The van der Waals surface area contributed by atoms with Crippen LogP contribution in [0.5, 0.6) is 0 Å². The van der Waals surface area contributed by atoms with E-state index in [9.17, 15) is 4.79 Å². The first kappa shape index (κ1) is 20.6. The molecule has 0 saturated carbocycles. The monoisotopic (exact) mass is 425 g/mol. The summed E-state index contributed by atoms with van der Waals surface area (Å²) in [5.74, 6) is 0.687. The molecule has 3 aromatic carbocycles. The Morgan fingerprint density at radius 1 is 0.875 bits per heavy atom. The molecule has 2 aliphatic heterocycles. The molecule has 2 heterocycles. The number of rotatable bonds is 5. The maximum Gasteiger partial charge on any atom is 0.319 e. The lowest BCUT2D eigenvalue weighted by Gasteiger charge is -2.43. The number of benzene rings is 3. The fourth-order valence-electron chi connectivity index (χ4n) is 5.34. The van der Waals surface area contributed by atoms with E-state index < -0.39 is 0 Å². The fraction of sp³-hybridized carbons (Fsp3) is 0.321. The molecule has 5 rings (SSSR count). The van der Waals surface area contributed by atoms with Crippen LogP contribution in [0.1, 0.15) is 60.3 Å². The summed E-state index contributed by atoms with van der Waals surface area (Å²) in [5.41, 5.74) is 7.65. The third-order valence-electron chi connectivity index (χ3n) is 6.81. The normalized spacial score (nSPS) is 19.2. The van der Waals surface area contributed by atoms with Crippen molar-refractivity contribution in [2.24, 2.45) is 0 Å². The van der Waals surface area contributed by atoms with Crippen LogP contribution in [-0.2, 0) is 0 Å². The van der Waals surface area contributed by atoms with Gasteiger partial charge in [0.15, 0.2) is 0 Å². The molecule has 0 saturated heterocycles. The molecule has 0 aliphatic carbocycles. The number of nitrogens with zero attached hydrogens (tertiary/aromatic N) is 1. The minimum atomic E-state index is -0.130. The van der Waals surface area contributed by atoms with Gasteiger partial charge in [0.05, 0.1) is 0 Å². The van der Waals surface area contributed by atoms with Crippen LogP contribution >= 0.6 is 0 Å².